The molecule has 2 unspecified atom stereocenters. The number of halogens is 5. The second kappa shape index (κ2) is 7.61. The summed E-state index contributed by atoms with van der Waals surface area (Å²) in [6.07, 6.45) is -3.92. The number of aryl methyl sites for hydroxylation is 1. The summed E-state index contributed by atoms with van der Waals surface area (Å²) < 4.78 is 73.4. The summed E-state index contributed by atoms with van der Waals surface area (Å²) in [5.41, 5.74) is -2.81. The predicted octanol–water partition coefficient (Wildman–Crippen LogP) is 5.77. The molecule has 5 nitrogen and oxygen atoms in total. The lowest BCUT2D eigenvalue weighted by molar-refractivity contribution is -0.138. The molecule has 0 N–H and O–H groups in total. The van der Waals surface area contributed by atoms with Gasteiger partial charge in [0.25, 0.3) is 5.91 Å². The largest absolute Gasteiger partial charge is 0.416 e. The van der Waals surface area contributed by atoms with E-state index in [-0.39, 0.29) is 40.7 Å². The lowest BCUT2D eigenvalue weighted by Crippen LogP contribution is -2.27. The van der Waals surface area contributed by atoms with Gasteiger partial charge >= 0.3 is 6.18 Å². The van der Waals surface area contributed by atoms with Crippen LogP contribution in [0.5, 0.6) is 0 Å². The van der Waals surface area contributed by atoms with E-state index in [1.807, 2.05) is 0 Å². The number of carbonyl (C=O) groups is 1. The molecule has 0 saturated heterocycles. The van der Waals surface area contributed by atoms with E-state index in [1.165, 1.54) is 47.1 Å². The lowest BCUT2D eigenvalue weighted by atomic mass is 9.92. The second-order valence-electron chi connectivity index (χ2n) is 9.05. The van der Waals surface area contributed by atoms with Gasteiger partial charge in [-0.1, -0.05) is 12.1 Å². The van der Waals surface area contributed by atoms with Crippen LogP contribution >= 0.6 is 0 Å². The van der Waals surface area contributed by atoms with Crippen molar-refractivity contribution < 1.29 is 26.7 Å². The number of fused-ring (bicyclic) bond motifs is 1. The first kappa shape index (κ1) is 22.5. The summed E-state index contributed by atoms with van der Waals surface area (Å²) >= 11 is 0. The fraction of sp³-hybridized carbons (Fsp3) is 0.375. The summed E-state index contributed by atoms with van der Waals surface area (Å²) in [7, 11) is 1.49. The van der Waals surface area contributed by atoms with Gasteiger partial charge in [-0.05, 0) is 66.6 Å². The van der Waals surface area contributed by atoms with Gasteiger partial charge in [0.1, 0.15) is 6.33 Å². The zero-order chi connectivity index (χ0) is 24.4. The monoisotopic (exact) mass is 476 g/mol. The molecule has 34 heavy (non-hydrogen) atoms. The van der Waals surface area contributed by atoms with Crippen LogP contribution in [0.15, 0.2) is 42.7 Å². The van der Waals surface area contributed by atoms with Gasteiger partial charge in [-0.15, -0.1) is 10.2 Å². The quantitative estimate of drug-likeness (QED) is 0.440. The smallest absolute Gasteiger partial charge is 0.318 e. The molecule has 2 heterocycles. The van der Waals surface area contributed by atoms with Gasteiger partial charge in [-0.3, -0.25) is 4.79 Å². The van der Waals surface area contributed by atoms with Gasteiger partial charge < -0.3 is 9.47 Å². The number of hydrogen-bond acceptors (Lipinski definition) is 3. The predicted molar refractivity (Wildman–Crippen MR) is 114 cm³/mol. The fourth-order valence-corrected chi connectivity index (χ4v) is 4.43. The Morgan fingerprint density at radius 2 is 1.85 bits per heavy atom. The number of hydrogen-bond donors (Lipinski definition) is 0. The minimum atomic E-state index is -4.61. The lowest BCUT2D eigenvalue weighted by Gasteiger charge is -2.26. The van der Waals surface area contributed by atoms with Crippen LogP contribution in [0.3, 0.4) is 0 Å². The molecule has 1 aliphatic carbocycles. The molecule has 10 heteroatoms. The average Bonchev–Trinajstić information content (AvgIpc) is 3.47. The number of carbonyl (C=O) groups excluding carboxylic acids is 1. The van der Waals surface area contributed by atoms with Crippen LogP contribution in [0.25, 0.3) is 0 Å². The van der Waals surface area contributed by atoms with E-state index in [4.69, 9.17) is 0 Å². The van der Waals surface area contributed by atoms with Crippen LogP contribution in [-0.2, 0) is 25.4 Å². The zero-order valence-electron chi connectivity index (χ0n) is 18.4. The van der Waals surface area contributed by atoms with E-state index in [1.54, 1.807) is 6.07 Å². The Morgan fingerprint density at radius 1 is 1.12 bits per heavy atom. The summed E-state index contributed by atoms with van der Waals surface area (Å²) in [6.45, 7) is 0.748. The van der Waals surface area contributed by atoms with E-state index in [2.05, 4.69) is 10.2 Å². The zero-order valence-corrected chi connectivity index (χ0v) is 18.4. The highest BCUT2D eigenvalue weighted by molar-refractivity contribution is 6.10. The van der Waals surface area contributed by atoms with Gasteiger partial charge in [0.05, 0.1) is 12.1 Å². The molecule has 1 fully saturated rings. The van der Waals surface area contributed by atoms with Crippen LogP contribution in [0.2, 0.25) is 0 Å². The van der Waals surface area contributed by atoms with Crippen molar-refractivity contribution in [2.24, 2.45) is 7.05 Å². The molecule has 2 aromatic carbocycles. The molecule has 1 aliphatic heterocycles. The highest BCUT2D eigenvalue weighted by Gasteiger charge is 2.43. The molecule has 0 radical (unpaired) electrons. The van der Waals surface area contributed by atoms with E-state index in [0.29, 0.717) is 5.56 Å². The van der Waals surface area contributed by atoms with E-state index in [0.717, 1.165) is 25.8 Å². The number of anilines is 1. The van der Waals surface area contributed by atoms with Crippen molar-refractivity contribution >= 4 is 11.6 Å². The van der Waals surface area contributed by atoms with Gasteiger partial charge in [0.15, 0.2) is 17.7 Å². The summed E-state index contributed by atoms with van der Waals surface area (Å²) in [5.74, 6) is -0.765. The fourth-order valence-electron chi connectivity index (χ4n) is 4.43. The molecule has 0 bridgehead atoms. The molecular weight excluding hydrogens is 455 g/mol. The third-order valence-electron chi connectivity index (χ3n) is 6.59. The third kappa shape index (κ3) is 3.65. The van der Waals surface area contributed by atoms with Crippen molar-refractivity contribution in [1.29, 1.82) is 0 Å². The summed E-state index contributed by atoms with van der Waals surface area (Å²) in [5, 5.41) is 7.21. The third-order valence-corrected chi connectivity index (χ3v) is 6.59. The Morgan fingerprint density at radius 3 is 2.47 bits per heavy atom. The van der Waals surface area contributed by atoms with Crippen molar-refractivity contribution in [1.82, 2.24) is 14.8 Å². The molecule has 1 amide bonds. The Labute approximate surface area is 192 Å². The Balaban J connectivity index is 1.51. The van der Waals surface area contributed by atoms with Gasteiger partial charge in [0, 0.05) is 18.3 Å². The molecule has 1 saturated carbocycles. The minimum absolute atomic E-state index is 0.00703. The van der Waals surface area contributed by atoms with Crippen molar-refractivity contribution in [2.75, 3.05) is 4.90 Å². The molecule has 5 rings (SSSR count). The number of amides is 1. The molecule has 0 spiro atoms. The molecule has 178 valence electrons. The van der Waals surface area contributed by atoms with E-state index in [9.17, 15) is 18.0 Å². The van der Waals surface area contributed by atoms with Crippen molar-refractivity contribution in [2.45, 2.75) is 50.2 Å². The maximum atomic E-state index is 15.6. The highest BCUT2D eigenvalue weighted by Crippen LogP contribution is 2.46. The number of benzene rings is 2. The average molecular weight is 476 g/mol. The first-order valence-corrected chi connectivity index (χ1v) is 10.8. The minimum Gasteiger partial charge on any atom is -0.318 e. The molecule has 3 aromatic rings. The number of alkyl halides is 5. The van der Waals surface area contributed by atoms with Crippen molar-refractivity contribution in [3.8, 4) is 0 Å². The second-order valence-corrected chi connectivity index (χ2v) is 9.05. The van der Waals surface area contributed by atoms with Gasteiger partial charge in [0.2, 0.25) is 0 Å². The highest BCUT2D eigenvalue weighted by atomic mass is 19.4. The Kier molecular flexibility index (Phi) is 5.03. The Hall–Kier alpha value is -3.30. The van der Waals surface area contributed by atoms with Crippen LogP contribution in [0.4, 0.5) is 27.6 Å². The summed E-state index contributed by atoms with van der Waals surface area (Å²) in [6, 6.07) is 8.28. The topological polar surface area (TPSA) is 51.0 Å². The van der Waals surface area contributed by atoms with Crippen molar-refractivity contribution in [3.63, 3.8) is 0 Å². The SMILES string of the molecule is Cn1cnnc1C(F)C(C)(F)c1cccc(N2Cc3c(cc(C4CC4)cc3C(F)(F)F)C2=O)c1. The molecule has 2 atom stereocenters. The molecular formula is C24H21F5N4O. The molecule has 2 aliphatic rings. The van der Waals surface area contributed by atoms with Crippen LogP contribution in [0, 0.1) is 0 Å². The standard InChI is InChI=1S/C24H21F5N4O/c1-23(26,20(25)21-31-30-12-32(21)2)15-4-3-5-16(10-15)33-11-18-17(22(33)34)8-14(13-6-7-13)9-19(18)24(27,28)29/h3-5,8-10,12-13,20H,6-7,11H2,1-2H3. The first-order chi connectivity index (χ1) is 16.0. The number of nitrogens with zero attached hydrogens (tertiary/aromatic N) is 4. The number of aromatic nitrogens is 3. The Bertz CT molecular complexity index is 1280. The van der Waals surface area contributed by atoms with Crippen LogP contribution in [0.1, 0.15) is 70.3 Å². The van der Waals surface area contributed by atoms with Crippen LogP contribution < -0.4 is 4.90 Å². The number of rotatable bonds is 5. The van der Waals surface area contributed by atoms with Crippen molar-refractivity contribution in [3.05, 3.63) is 76.4 Å². The first-order valence-electron chi connectivity index (χ1n) is 10.8. The van der Waals surface area contributed by atoms with Gasteiger partial charge in [-0.2, -0.15) is 13.2 Å². The van der Waals surface area contributed by atoms with Crippen LogP contribution in [-0.4, -0.2) is 20.7 Å². The maximum absolute atomic E-state index is 15.6. The normalized spacial score (nSPS) is 18.7. The molecule has 1 aromatic heterocycles. The van der Waals surface area contributed by atoms with E-state index < -0.39 is 29.5 Å². The maximum Gasteiger partial charge on any atom is 0.416 e. The van der Waals surface area contributed by atoms with Gasteiger partial charge in [-0.25, -0.2) is 8.78 Å². The summed E-state index contributed by atoms with van der Waals surface area (Å²) in [4.78, 5) is 14.3. The van der Waals surface area contributed by atoms with E-state index >= 15 is 8.78 Å².